The van der Waals surface area contributed by atoms with E-state index in [0.29, 0.717) is 5.78 Å². The van der Waals surface area contributed by atoms with E-state index >= 15 is 0 Å². The van der Waals surface area contributed by atoms with Crippen molar-refractivity contribution in [3.63, 3.8) is 0 Å². The third-order valence-electron chi connectivity index (χ3n) is 3.03. The molecule has 0 unspecified atom stereocenters. The summed E-state index contributed by atoms with van der Waals surface area (Å²) < 4.78 is 0. The molecule has 0 amide bonds. The van der Waals surface area contributed by atoms with Crippen molar-refractivity contribution < 1.29 is 9.90 Å². The SMILES string of the molecule is CCCCC1(C/C=C\CO)CC(=O)C1. The zero-order valence-electron chi connectivity index (χ0n) is 8.96. The van der Waals surface area contributed by atoms with E-state index in [1.54, 1.807) is 6.08 Å². The molecule has 2 nitrogen and oxygen atoms in total. The number of aliphatic hydroxyl groups excluding tert-OH is 1. The molecule has 0 saturated heterocycles. The first-order valence-electron chi connectivity index (χ1n) is 5.50. The van der Waals surface area contributed by atoms with Gasteiger partial charge in [0.2, 0.25) is 0 Å². The monoisotopic (exact) mass is 196 g/mol. The van der Waals surface area contributed by atoms with E-state index in [1.807, 2.05) is 6.08 Å². The Morgan fingerprint density at radius 3 is 2.64 bits per heavy atom. The number of allylic oxidation sites excluding steroid dienone is 1. The van der Waals surface area contributed by atoms with Gasteiger partial charge < -0.3 is 5.11 Å². The van der Waals surface area contributed by atoms with Gasteiger partial charge in [-0.05, 0) is 18.3 Å². The molecule has 1 saturated carbocycles. The van der Waals surface area contributed by atoms with Crippen LogP contribution in [-0.2, 0) is 4.79 Å². The van der Waals surface area contributed by atoms with Gasteiger partial charge in [-0.1, -0.05) is 31.9 Å². The number of carbonyl (C=O) groups excluding carboxylic acids is 1. The zero-order chi connectivity index (χ0) is 10.4. The summed E-state index contributed by atoms with van der Waals surface area (Å²) in [5.74, 6) is 0.401. The molecule has 1 N–H and O–H groups in total. The van der Waals surface area contributed by atoms with E-state index in [4.69, 9.17) is 5.11 Å². The van der Waals surface area contributed by atoms with Gasteiger partial charge in [0.25, 0.3) is 0 Å². The highest BCUT2D eigenvalue weighted by atomic mass is 16.2. The first-order chi connectivity index (χ1) is 6.72. The lowest BCUT2D eigenvalue weighted by molar-refractivity contribution is -0.133. The first kappa shape index (κ1) is 11.4. The summed E-state index contributed by atoms with van der Waals surface area (Å²) in [4.78, 5) is 11.0. The van der Waals surface area contributed by atoms with Crippen LogP contribution in [0.1, 0.15) is 45.4 Å². The van der Waals surface area contributed by atoms with Gasteiger partial charge in [-0.25, -0.2) is 0 Å². The lowest BCUT2D eigenvalue weighted by atomic mass is 9.63. The predicted octanol–water partition coefficient (Wildman–Crippen LogP) is 2.46. The Labute approximate surface area is 86.0 Å². The number of rotatable bonds is 6. The van der Waals surface area contributed by atoms with E-state index in [2.05, 4.69) is 6.92 Å². The van der Waals surface area contributed by atoms with Crippen LogP contribution < -0.4 is 0 Å². The molecule has 1 aliphatic carbocycles. The van der Waals surface area contributed by atoms with Crippen LogP contribution in [-0.4, -0.2) is 17.5 Å². The second-order valence-electron chi connectivity index (χ2n) is 4.35. The number of carbonyl (C=O) groups is 1. The van der Waals surface area contributed by atoms with E-state index in [9.17, 15) is 4.79 Å². The summed E-state index contributed by atoms with van der Waals surface area (Å²) in [6.45, 7) is 2.29. The highest BCUT2D eigenvalue weighted by molar-refractivity contribution is 5.86. The van der Waals surface area contributed by atoms with Gasteiger partial charge in [-0.2, -0.15) is 0 Å². The maximum Gasteiger partial charge on any atom is 0.134 e. The number of hydrogen-bond donors (Lipinski definition) is 1. The molecule has 0 aliphatic heterocycles. The minimum Gasteiger partial charge on any atom is -0.392 e. The Balaban J connectivity index is 2.38. The predicted molar refractivity (Wildman–Crippen MR) is 57.0 cm³/mol. The number of aliphatic hydroxyl groups is 1. The number of ketones is 1. The van der Waals surface area contributed by atoms with Crippen molar-refractivity contribution in [2.24, 2.45) is 5.41 Å². The zero-order valence-corrected chi connectivity index (χ0v) is 8.96. The molecule has 0 aromatic heterocycles. The van der Waals surface area contributed by atoms with Crippen molar-refractivity contribution in [1.82, 2.24) is 0 Å². The molecular weight excluding hydrogens is 176 g/mol. The standard InChI is InChI=1S/C12H20O2/c1-2-3-6-12(7-4-5-8-13)9-11(14)10-12/h4-5,13H,2-3,6-10H2,1H3/b5-4-. The summed E-state index contributed by atoms with van der Waals surface area (Å²) in [6.07, 6.45) is 9.81. The van der Waals surface area contributed by atoms with Gasteiger partial charge in [-0.3, -0.25) is 4.79 Å². The van der Waals surface area contributed by atoms with E-state index < -0.39 is 0 Å². The minimum absolute atomic E-state index is 0.109. The molecule has 0 atom stereocenters. The molecule has 0 bridgehead atoms. The van der Waals surface area contributed by atoms with Crippen molar-refractivity contribution in [2.45, 2.75) is 45.4 Å². The smallest absolute Gasteiger partial charge is 0.134 e. The van der Waals surface area contributed by atoms with Gasteiger partial charge in [0.1, 0.15) is 5.78 Å². The highest BCUT2D eigenvalue weighted by Crippen LogP contribution is 2.45. The number of Topliss-reactive ketones (excluding diaryl/α,β-unsaturated/α-hetero) is 1. The van der Waals surface area contributed by atoms with Crippen molar-refractivity contribution in [1.29, 1.82) is 0 Å². The Hall–Kier alpha value is -0.630. The Kier molecular flexibility index (Phi) is 4.33. The molecule has 0 heterocycles. The van der Waals surface area contributed by atoms with Gasteiger partial charge in [0.05, 0.1) is 6.61 Å². The Morgan fingerprint density at radius 1 is 1.43 bits per heavy atom. The molecule has 0 spiro atoms. The van der Waals surface area contributed by atoms with Crippen molar-refractivity contribution >= 4 is 5.78 Å². The summed E-state index contributed by atoms with van der Waals surface area (Å²) in [6, 6.07) is 0. The minimum atomic E-state index is 0.109. The van der Waals surface area contributed by atoms with Crippen molar-refractivity contribution in [3.05, 3.63) is 12.2 Å². The van der Waals surface area contributed by atoms with Crippen LogP contribution in [0.15, 0.2) is 12.2 Å². The quantitative estimate of drug-likeness (QED) is 0.663. The summed E-state index contributed by atoms with van der Waals surface area (Å²) in [5, 5.41) is 8.63. The van der Waals surface area contributed by atoms with E-state index in [1.165, 1.54) is 12.8 Å². The van der Waals surface area contributed by atoms with Crippen LogP contribution in [0.2, 0.25) is 0 Å². The third kappa shape index (κ3) is 2.95. The fourth-order valence-corrected chi connectivity index (χ4v) is 2.17. The van der Waals surface area contributed by atoms with Crippen LogP contribution >= 0.6 is 0 Å². The van der Waals surface area contributed by atoms with Gasteiger partial charge in [-0.15, -0.1) is 0 Å². The Morgan fingerprint density at radius 2 is 2.14 bits per heavy atom. The lowest BCUT2D eigenvalue weighted by Crippen LogP contribution is -2.37. The molecule has 1 aliphatic rings. The fraction of sp³-hybridized carbons (Fsp3) is 0.750. The largest absolute Gasteiger partial charge is 0.392 e. The van der Waals surface area contributed by atoms with Crippen molar-refractivity contribution in [3.8, 4) is 0 Å². The summed E-state index contributed by atoms with van der Waals surface area (Å²) in [5.41, 5.74) is 0.249. The molecule has 1 rings (SSSR count). The fourth-order valence-electron chi connectivity index (χ4n) is 2.17. The average Bonchev–Trinajstić information content (AvgIpc) is 2.12. The second-order valence-corrected chi connectivity index (χ2v) is 4.35. The summed E-state index contributed by atoms with van der Waals surface area (Å²) in [7, 11) is 0. The Bertz CT molecular complexity index is 210. The molecular formula is C12H20O2. The summed E-state index contributed by atoms with van der Waals surface area (Å²) >= 11 is 0. The number of unbranched alkanes of at least 4 members (excludes halogenated alkanes) is 1. The molecule has 1 fully saturated rings. The third-order valence-corrected chi connectivity index (χ3v) is 3.03. The molecule has 80 valence electrons. The molecule has 0 aromatic rings. The van der Waals surface area contributed by atoms with Crippen LogP contribution in [0.25, 0.3) is 0 Å². The van der Waals surface area contributed by atoms with Gasteiger partial charge >= 0.3 is 0 Å². The normalized spacial score (nSPS) is 20.0. The maximum atomic E-state index is 11.0. The molecule has 14 heavy (non-hydrogen) atoms. The molecule has 0 aromatic carbocycles. The van der Waals surface area contributed by atoms with Crippen molar-refractivity contribution in [2.75, 3.05) is 6.61 Å². The molecule has 2 heteroatoms. The second kappa shape index (κ2) is 5.30. The van der Waals surface area contributed by atoms with E-state index in [0.717, 1.165) is 25.7 Å². The van der Waals surface area contributed by atoms with Gasteiger partial charge in [0.15, 0.2) is 0 Å². The van der Waals surface area contributed by atoms with Crippen LogP contribution in [0, 0.1) is 5.41 Å². The van der Waals surface area contributed by atoms with Crippen LogP contribution in [0.3, 0.4) is 0 Å². The van der Waals surface area contributed by atoms with E-state index in [-0.39, 0.29) is 12.0 Å². The lowest BCUT2D eigenvalue weighted by Gasteiger charge is -2.40. The van der Waals surface area contributed by atoms with Crippen LogP contribution in [0.5, 0.6) is 0 Å². The number of hydrogen-bond acceptors (Lipinski definition) is 2. The molecule has 0 radical (unpaired) electrons. The average molecular weight is 196 g/mol. The van der Waals surface area contributed by atoms with Gasteiger partial charge in [0, 0.05) is 12.8 Å². The first-order valence-corrected chi connectivity index (χ1v) is 5.50. The topological polar surface area (TPSA) is 37.3 Å². The highest BCUT2D eigenvalue weighted by Gasteiger charge is 2.41. The van der Waals surface area contributed by atoms with Crippen LogP contribution in [0.4, 0.5) is 0 Å². The maximum absolute atomic E-state index is 11.0.